The van der Waals surface area contributed by atoms with Crippen molar-refractivity contribution in [3.63, 3.8) is 0 Å². The van der Waals surface area contributed by atoms with Gasteiger partial charge in [-0.1, -0.05) is 72.8 Å². The highest BCUT2D eigenvalue weighted by Crippen LogP contribution is 2.40. The van der Waals surface area contributed by atoms with Crippen molar-refractivity contribution < 1.29 is 14.3 Å². The summed E-state index contributed by atoms with van der Waals surface area (Å²) in [5, 5.41) is 10.0. The Morgan fingerprint density at radius 2 is 1.63 bits per heavy atom. The highest BCUT2D eigenvalue weighted by molar-refractivity contribution is 8.18. The fraction of sp³-hybridized carbons (Fsp3) is 0.147. The normalized spacial score (nSPS) is 15.6. The fourth-order valence-corrected chi connectivity index (χ4v) is 5.53. The molecule has 0 aromatic heterocycles. The second-order valence-corrected chi connectivity index (χ2v) is 10.3. The number of amidine groups is 1. The van der Waals surface area contributed by atoms with Crippen molar-refractivity contribution in [1.82, 2.24) is 4.90 Å². The molecule has 4 aromatic rings. The summed E-state index contributed by atoms with van der Waals surface area (Å²) in [6.07, 6.45) is 1.86. The van der Waals surface area contributed by atoms with E-state index in [1.807, 2.05) is 117 Å². The van der Waals surface area contributed by atoms with Gasteiger partial charge in [0.25, 0.3) is 5.91 Å². The summed E-state index contributed by atoms with van der Waals surface area (Å²) in [5.41, 5.74) is 4.00. The topological polar surface area (TPSA) is 74.9 Å². The lowest BCUT2D eigenvalue weighted by atomic mass is 10.1. The molecule has 0 unspecified atom stereocenters. The molecule has 4 aromatic carbocycles. The van der Waals surface area contributed by atoms with Crippen LogP contribution in [0.15, 0.2) is 113 Å². The van der Waals surface area contributed by atoms with Crippen LogP contribution in [0.25, 0.3) is 6.08 Å². The van der Waals surface area contributed by atoms with Gasteiger partial charge in [0, 0.05) is 5.56 Å². The molecule has 1 atom stereocenters. The molecule has 0 bridgehead atoms. The first-order valence-electron chi connectivity index (χ1n) is 13.4. The number of hydrogen-bond donors (Lipinski definition) is 0. The van der Waals surface area contributed by atoms with Gasteiger partial charge in [-0.05, 0) is 73.1 Å². The lowest BCUT2D eigenvalue weighted by Crippen LogP contribution is -2.32. The Bertz CT molecular complexity index is 1630. The second kappa shape index (κ2) is 13.0. The molecule has 0 saturated carbocycles. The molecule has 1 aliphatic heterocycles. The number of ether oxygens (including phenoxy) is 2. The maximum absolute atomic E-state index is 13.8. The molecule has 0 spiro atoms. The van der Waals surface area contributed by atoms with E-state index in [0.29, 0.717) is 33.7 Å². The fourth-order valence-electron chi connectivity index (χ4n) is 4.46. The van der Waals surface area contributed by atoms with E-state index in [4.69, 9.17) is 14.5 Å². The Balaban J connectivity index is 1.44. The Kier molecular flexibility index (Phi) is 8.82. The number of benzene rings is 4. The molecule has 0 aliphatic carbocycles. The van der Waals surface area contributed by atoms with Gasteiger partial charge >= 0.3 is 0 Å². The SMILES string of the molecule is CCOc1cc(/C=C2/SC(=Nc3ccccc3)N([C@H](C)c3ccccc3)C2=O)ccc1OCc1ccccc1C#N. The number of carbonyl (C=O) groups is 1. The van der Waals surface area contributed by atoms with Crippen LogP contribution in [0.2, 0.25) is 0 Å². The van der Waals surface area contributed by atoms with Gasteiger partial charge in [-0.2, -0.15) is 5.26 Å². The molecular formula is C34H29N3O3S. The maximum atomic E-state index is 13.8. The monoisotopic (exact) mass is 559 g/mol. The Morgan fingerprint density at radius 3 is 2.37 bits per heavy atom. The van der Waals surface area contributed by atoms with E-state index in [1.165, 1.54) is 11.8 Å². The molecule has 0 radical (unpaired) electrons. The number of nitrogens with zero attached hydrogens (tertiary/aromatic N) is 3. The highest BCUT2D eigenvalue weighted by Gasteiger charge is 2.37. The minimum absolute atomic E-state index is 0.104. The number of thioether (sulfide) groups is 1. The van der Waals surface area contributed by atoms with Crippen molar-refractivity contribution >= 4 is 34.6 Å². The van der Waals surface area contributed by atoms with Crippen molar-refractivity contribution in [1.29, 1.82) is 5.26 Å². The van der Waals surface area contributed by atoms with Gasteiger partial charge in [-0.15, -0.1) is 0 Å². The third-order valence-corrected chi connectivity index (χ3v) is 7.56. The van der Waals surface area contributed by atoms with Crippen LogP contribution in [0.1, 0.15) is 42.1 Å². The van der Waals surface area contributed by atoms with Crippen molar-refractivity contribution in [2.75, 3.05) is 6.61 Å². The van der Waals surface area contributed by atoms with E-state index in [-0.39, 0.29) is 18.6 Å². The van der Waals surface area contributed by atoms with Gasteiger partial charge in [-0.25, -0.2) is 4.99 Å². The minimum atomic E-state index is -0.199. The summed E-state index contributed by atoms with van der Waals surface area (Å²) in [7, 11) is 0. The van der Waals surface area contributed by atoms with Crippen molar-refractivity contribution in [3.05, 3.63) is 130 Å². The number of nitriles is 1. The van der Waals surface area contributed by atoms with Crippen LogP contribution in [0.3, 0.4) is 0 Å². The number of rotatable bonds is 9. The van der Waals surface area contributed by atoms with Gasteiger partial charge in [0.2, 0.25) is 0 Å². The van der Waals surface area contributed by atoms with E-state index in [0.717, 1.165) is 22.4 Å². The molecule has 1 heterocycles. The summed E-state index contributed by atoms with van der Waals surface area (Å²) in [6.45, 7) is 4.62. The van der Waals surface area contributed by atoms with Crippen LogP contribution in [0.5, 0.6) is 11.5 Å². The first-order valence-corrected chi connectivity index (χ1v) is 14.2. The molecule has 1 fully saturated rings. The summed E-state index contributed by atoms with van der Waals surface area (Å²) in [6, 6.07) is 34.6. The van der Waals surface area contributed by atoms with Gasteiger partial charge in [0.15, 0.2) is 16.7 Å². The molecule has 6 nitrogen and oxygen atoms in total. The van der Waals surface area contributed by atoms with Gasteiger partial charge < -0.3 is 9.47 Å². The van der Waals surface area contributed by atoms with Crippen LogP contribution < -0.4 is 9.47 Å². The summed E-state index contributed by atoms with van der Waals surface area (Å²) in [5.74, 6) is 1.03. The summed E-state index contributed by atoms with van der Waals surface area (Å²) in [4.78, 5) is 21.0. The van der Waals surface area contributed by atoms with Crippen LogP contribution in [0.4, 0.5) is 5.69 Å². The van der Waals surface area contributed by atoms with Crippen molar-refractivity contribution in [2.24, 2.45) is 4.99 Å². The van der Waals surface area contributed by atoms with Crippen LogP contribution in [0, 0.1) is 11.3 Å². The van der Waals surface area contributed by atoms with E-state index in [2.05, 4.69) is 6.07 Å². The van der Waals surface area contributed by atoms with Crippen LogP contribution >= 0.6 is 11.8 Å². The van der Waals surface area contributed by atoms with E-state index < -0.39 is 0 Å². The largest absolute Gasteiger partial charge is 0.490 e. The average Bonchev–Trinajstić information content (AvgIpc) is 3.31. The van der Waals surface area contributed by atoms with Crippen molar-refractivity contribution in [3.8, 4) is 17.6 Å². The molecule has 1 amide bonds. The molecule has 41 heavy (non-hydrogen) atoms. The third-order valence-electron chi connectivity index (χ3n) is 6.57. The number of para-hydroxylation sites is 1. The summed E-state index contributed by atoms with van der Waals surface area (Å²) < 4.78 is 11.9. The first kappa shape index (κ1) is 27.8. The predicted octanol–water partition coefficient (Wildman–Crippen LogP) is 7.90. The summed E-state index contributed by atoms with van der Waals surface area (Å²) >= 11 is 1.36. The van der Waals surface area contributed by atoms with Crippen LogP contribution in [-0.2, 0) is 11.4 Å². The Labute approximate surface area is 244 Å². The standard InChI is InChI=1S/C34H29N3O3S/c1-3-39-31-20-25(18-19-30(31)40-23-28-15-11-10-14-27(28)22-35)21-32-33(38)37(24(2)26-12-6-4-7-13-26)34(41-32)36-29-16-8-5-9-17-29/h4-21,24H,3,23H2,1-2H3/b32-21+,36-34?/t24-/m1/s1. The second-order valence-electron chi connectivity index (χ2n) is 9.30. The molecule has 1 saturated heterocycles. The van der Waals surface area contributed by atoms with Gasteiger partial charge in [0.1, 0.15) is 6.61 Å². The lowest BCUT2D eigenvalue weighted by Gasteiger charge is -2.24. The zero-order chi connectivity index (χ0) is 28.6. The molecule has 5 rings (SSSR count). The average molecular weight is 560 g/mol. The third kappa shape index (κ3) is 6.51. The zero-order valence-electron chi connectivity index (χ0n) is 22.9. The number of aliphatic imine (C=N–C) groups is 1. The molecule has 0 N–H and O–H groups in total. The number of amides is 1. The zero-order valence-corrected chi connectivity index (χ0v) is 23.7. The van der Waals surface area contributed by atoms with Crippen LogP contribution in [-0.4, -0.2) is 22.6 Å². The lowest BCUT2D eigenvalue weighted by molar-refractivity contribution is -0.123. The molecular weight excluding hydrogens is 530 g/mol. The maximum Gasteiger partial charge on any atom is 0.267 e. The highest BCUT2D eigenvalue weighted by atomic mass is 32.2. The van der Waals surface area contributed by atoms with E-state index in [1.54, 1.807) is 11.0 Å². The minimum Gasteiger partial charge on any atom is -0.490 e. The van der Waals surface area contributed by atoms with Gasteiger partial charge in [-0.3, -0.25) is 9.69 Å². The first-order chi connectivity index (χ1) is 20.1. The predicted molar refractivity (Wildman–Crippen MR) is 164 cm³/mol. The number of carbonyl (C=O) groups excluding carboxylic acids is 1. The molecule has 1 aliphatic rings. The van der Waals surface area contributed by atoms with Gasteiger partial charge in [0.05, 0.1) is 34.9 Å². The Hall–Kier alpha value is -4.80. The van der Waals surface area contributed by atoms with E-state index in [9.17, 15) is 10.1 Å². The number of hydrogen-bond acceptors (Lipinski definition) is 6. The molecule has 204 valence electrons. The van der Waals surface area contributed by atoms with Crippen molar-refractivity contribution in [2.45, 2.75) is 26.5 Å². The smallest absolute Gasteiger partial charge is 0.267 e. The molecule has 7 heteroatoms. The Morgan fingerprint density at radius 1 is 0.927 bits per heavy atom. The van der Waals surface area contributed by atoms with E-state index >= 15 is 0 Å². The quantitative estimate of drug-likeness (QED) is 0.195.